The molecule has 98 valence electrons. The van der Waals surface area contributed by atoms with Gasteiger partial charge in [0.1, 0.15) is 0 Å². The van der Waals surface area contributed by atoms with Crippen LogP contribution in [0.1, 0.15) is 43.2 Å². The minimum atomic E-state index is -0.735. The van der Waals surface area contributed by atoms with Gasteiger partial charge in [0.2, 0.25) is 0 Å². The molecule has 0 unspecified atom stereocenters. The molecule has 3 heteroatoms. The molecule has 1 fully saturated rings. The fourth-order valence-electron chi connectivity index (χ4n) is 2.58. The molecule has 0 aromatic heterocycles. The van der Waals surface area contributed by atoms with Gasteiger partial charge in [-0.15, -0.1) is 0 Å². The Bertz CT molecular complexity index is 423. The van der Waals surface area contributed by atoms with Crippen molar-refractivity contribution in [3.05, 3.63) is 29.3 Å². The molecule has 3 nitrogen and oxygen atoms in total. The number of hydrogen-bond donors (Lipinski definition) is 2. The zero-order valence-corrected chi connectivity index (χ0v) is 10.9. The van der Waals surface area contributed by atoms with Crippen LogP contribution in [-0.2, 0) is 11.2 Å². The highest BCUT2D eigenvalue weighted by molar-refractivity contribution is 5.67. The first-order valence-corrected chi connectivity index (χ1v) is 6.73. The number of carbonyl (C=O) groups is 1. The molecular weight excluding hydrogens is 226 g/mol. The maximum absolute atomic E-state index is 10.5. The zero-order valence-electron chi connectivity index (χ0n) is 10.9. The van der Waals surface area contributed by atoms with Gasteiger partial charge in [-0.3, -0.25) is 4.79 Å². The number of benzene rings is 1. The van der Waals surface area contributed by atoms with Crippen LogP contribution in [0.25, 0.3) is 0 Å². The molecule has 1 aromatic rings. The van der Waals surface area contributed by atoms with E-state index in [0.29, 0.717) is 12.5 Å². The summed E-state index contributed by atoms with van der Waals surface area (Å²) in [7, 11) is 0. The second kappa shape index (κ2) is 5.89. The molecule has 1 aromatic carbocycles. The van der Waals surface area contributed by atoms with Crippen molar-refractivity contribution in [3.63, 3.8) is 0 Å². The van der Waals surface area contributed by atoms with E-state index in [2.05, 4.69) is 24.4 Å². The van der Waals surface area contributed by atoms with Gasteiger partial charge in [-0.2, -0.15) is 0 Å². The zero-order chi connectivity index (χ0) is 13.0. The lowest BCUT2D eigenvalue weighted by Crippen LogP contribution is -2.15. The Balaban J connectivity index is 1.97. The average molecular weight is 247 g/mol. The van der Waals surface area contributed by atoms with E-state index in [1.807, 2.05) is 6.07 Å². The summed E-state index contributed by atoms with van der Waals surface area (Å²) in [6, 6.07) is 6.84. The van der Waals surface area contributed by atoms with Crippen molar-refractivity contribution < 1.29 is 9.90 Å². The van der Waals surface area contributed by atoms with Crippen LogP contribution < -0.4 is 5.32 Å². The fourth-order valence-corrected chi connectivity index (χ4v) is 2.58. The van der Waals surface area contributed by atoms with Crippen LogP contribution in [0.3, 0.4) is 0 Å². The van der Waals surface area contributed by atoms with E-state index in [0.717, 1.165) is 5.56 Å². The molecule has 0 bridgehead atoms. The van der Waals surface area contributed by atoms with E-state index in [1.165, 1.54) is 36.9 Å². The lowest BCUT2D eigenvalue weighted by molar-refractivity contribution is -0.136. The number of aryl methyl sites for hydroxylation is 2. The molecular formula is C15H21NO2. The standard InChI is InChI=1S/C15H21NO2/c1-11-10-12(7-9-15(17)18)6-8-14(11)16-13-4-2-3-5-13/h6,8,10,13,16H,2-5,7,9H2,1H3,(H,17,18). The third-order valence-corrected chi connectivity index (χ3v) is 3.63. The number of aliphatic carboxylic acids is 1. The van der Waals surface area contributed by atoms with Crippen LogP contribution >= 0.6 is 0 Å². The van der Waals surface area contributed by atoms with Crippen LogP contribution in [0.2, 0.25) is 0 Å². The molecule has 1 saturated carbocycles. The molecule has 0 heterocycles. The van der Waals surface area contributed by atoms with Gasteiger partial charge in [0.05, 0.1) is 0 Å². The average Bonchev–Trinajstić information content (AvgIpc) is 2.82. The lowest BCUT2D eigenvalue weighted by atomic mass is 10.0. The Morgan fingerprint density at radius 3 is 2.72 bits per heavy atom. The number of carboxylic acids is 1. The van der Waals surface area contributed by atoms with E-state index < -0.39 is 5.97 Å². The number of nitrogens with one attached hydrogen (secondary N) is 1. The lowest BCUT2D eigenvalue weighted by Gasteiger charge is -2.16. The van der Waals surface area contributed by atoms with Crippen LogP contribution in [0, 0.1) is 6.92 Å². The maximum atomic E-state index is 10.5. The fraction of sp³-hybridized carbons (Fsp3) is 0.533. The SMILES string of the molecule is Cc1cc(CCC(=O)O)ccc1NC1CCCC1. The summed E-state index contributed by atoms with van der Waals surface area (Å²) in [4.78, 5) is 10.5. The summed E-state index contributed by atoms with van der Waals surface area (Å²) >= 11 is 0. The van der Waals surface area contributed by atoms with Gasteiger partial charge >= 0.3 is 5.97 Å². The Morgan fingerprint density at radius 2 is 2.11 bits per heavy atom. The molecule has 0 amide bonds. The molecule has 0 atom stereocenters. The molecule has 0 aliphatic heterocycles. The smallest absolute Gasteiger partial charge is 0.303 e. The number of rotatable bonds is 5. The summed E-state index contributed by atoms with van der Waals surface area (Å²) in [6.45, 7) is 2.08. The molecule has 2 rings (SSSR count). The summed E-state index contributed by atoms with van der Waals surface area (Å²) in [5.41, 5.74) is 3.51. The second-order valence-electron chi connectivity index (χ2n) is 5.17. The number of anilines is 1. The first kappa shape index (κ1) is 12.9. The van der Waals surface area contributed by atoms with Gasteiger partial charge in [0.25, 0.3) is 0 Å². The predicted octanol–water partition coefficient (Wildman–Crippen LogP) is 3.37. The van der Waals surface area contributed by atoms with Crippen molar-refractivity contribution in [1.82, 2.24) is 0 Å². The normalized spacial score (nSPS) is 15.8. The van der Waals surface area contributed by atoms with Crippen molar-refractivity contribution in [2.75, 3.05) is 5.32 Å². The van der Waals surface area contributed by atoms with E-state index >= 15 is 0 Å². The Kier molecular flexibility index (Phi) is 4.24. The molecule has 0 saturated heterocycles. The quantitative estimate of drug-likeness (QED) is 0.838. The van der Waals surface area contributed by atoms with Crippen LogP contribution in [0.5, 0.6) is 0 Å². The summed E-state index contributed by atoms with van der Waals surface area (Å²) < 4.78 is 0. The van der Waals surface area contributed by atoms with Gasteiger partial charge < -0.3 is 10.4 Å². The first-order chi connectivity index (χ1) is 8.65. The topological polar surface area (TPSA) is 49.3 Å². The highest BCUT2D eigenvalue weighted by Gasteiger charge is 2.15. The molecule has 0 radical (unpaired) electrons. The number of carboxylic acid groups (broad SMARTS) is 1. The van der Waals surface area contributed by atoms with E-state index in [1.54, 1.807) is 0 Å². The second-order valence-corrected chi connectivity index (χ2v) is 5.17. The highest BCUT2D eigenvalue weighted by atomic mass is 16.4. The van der Waals surface area contributed by atoms with Crippen molar-refractivity contribution in [3.8, 4) is 0 Å². The van der Waals surface area contributed by atoms with Gasteiger partial charge in [0.15, 0.2) is 0 Å². The first-order valence-electron chi connectivity index (χ1n) is 6.73. The van der Waals surface area contributed by atoms with Gasteiger partial charge in [0, 0.05) is 18.2 Å². The maximum Gasteiger partial charge on any atom is 0.303 e. The van der Waals surface area contributed by atoms with Gasteiger partial charge in [-0.25, -0.2) is 0 Å². The van der Waals surface area contributed by atoms with Crippen molar-refractivity contribution in [1.29, 1.82) is 0 Å². The van der Waals surface area contributed by atoms with Gasteiger partial charge in [-0.1, -0.05) is 25.0 Å². The third kappa shape index (κ3) is 3.49. The number of hydrogen-bond acceptors (Lipinski definition) is 2. The summed E-state index contributed by atoms with van der Waals surface area (Å²) in [5, 5.41) is 12.3. The molecule has 1 aliphatic rings. The largest absolute Gasteiger partial charge is 0.481 e. The van der Waals surface area contributed by atoms with E-state index in [4.69, 9.17) is 5.11 Å². The van der Waals surface area contributed by atoms with Crippen molar-refractivity contribution in [2.45, 2.75) is 51.5 Å². The Hall–Kier alpha value is -1.51. The Labute approximate surface area is 108 Å². The van der Waals surface area contributed by atoms with Gasteiger partial charge in [-0.05, 0) is 43.4 Å². The van der Waals surface area contributed by atoms with Crippen LogP contribution in [0.15, 0.2) is 18.2 Å². The third-order valence-electron chi connectivity index (χ3n) is 3.63. The van der Waals surface area contributed by atoms with E-state index in [-0.39, 0.29) is 6.42 Å². The highest BCUT2D eigenvalue weighted by Crippen LogP contribution is 2.25. The summed E-state index contributed by atoms with van der Waals surface area (Å²) in [6.07, 6.45) is 6.00. The molecule has 0 spiro atoms. The summed E-state index contributed by atoms with van der Waals surface area (Å²) in [5.74, 6) is -0.735. The molecule has 1 aliphatic carbocycles. The van der Waals surface area contributed by atoms with Crippen LogP contribution in [-0.4, -0.2) is 17.1 Å². The van der Waals surface area contributed by atoms with Crippen molar-refractivity contribution >= 4 is 11.7 Å². The minimum Gasteiger partial charge on any atom is -0.481 e. The minimum absolute atomic E-state index is 0.203. The monoisotopic (exact) mass is 247 g/mol. The predicted molar refractivity (Wildman–Crippen MR) is 73.0 cm³/mol. The van der Waals surface area contributed by atoms with Crippen molar-refractivity contribution in [2.24, 2.45) is 0 Å². The van der Waals surface area contributed by atoms with Crippen LogP contribution in [0.4, 0.5) is 5.69 Å². The van der Waals surface area contributed by atoms with E-state index in [9.17, 15) is 4.79 Å². The molecule has 2 N–H and O–H groups in total. The molecule has 18 heavy (non-hydrogen) atoms. The Morgan fingerprint density at radius 1 is 1.39 bits per heavy atom.